The molecule has 0 amide bonds. The van der Waals surface area contributed by atoms with Crippen LogP contribution in [0.5, 0.6) is 0 Å². The Kier molecular flexibility index (Phi) is 4.51. The highest BCUT2D eigenvalue weighted by Gasteiger charge is 2.28. The molecule has 1 heterocycles. The average molecular weight is 276 g/mol. The second-order valence-electron chi connectivity index (χ2n) is 6.56. The summed E-state index contributed by atoms with van der Waals surface area (Å²) in [7, 11) is 1.92. The fourth-order valence-electron chi connectivity index (χ4n) is 2.90. The van der Waals surface area contributed by atoms with Gasteiger partial charge in [-0.3, -0.25) is 0 Å². The van der Waals surface area contributed by atoms with Crippen LogP contribution < -0.4 is 10.6 Å². The van der Waals surface area contributed by atoms with Gasteiger partial charge in [0, 0.05) is 24.1 Å². The van der Waals surface area contributed by atoms with E-state index < -0.39 is 0 Å². The number of hydrogen-bond donors (Lipinski definition) is 2. The molecule has 1 aliphatic rings. The van der Waals surface area contributed by atoms with Gasteiger partial charge in [0.1, 0.15) is 17.5 Å². The van der Waals surface area contributed by atoms with E-state index in [4.69, 9.17) is 4.98 Å². The van der Waals surface area contributed by atoms with Crippen molar-refractivity contribution in [2.24, 2.45) is 0 Å². The second kappa shape index (κ2) is 5.98. The highest BCUT2D eigenvalue weighted by molar-refractivity contribution is 5.58. The summed E-state index contributed by atoms with van der Waals surface area (Å²) in [5.41, 5.74) is 1.29. The number of rotatable bonds is 4. The molecule has 0 atom stereocenters. The van der Waals surface area contributed by atoms with Crippen LogP contribution in [0.4, 0.5) is 11.6 Å². The van der Waals surface area contributed by atoms with E-state index in [1.165, 1.54) is 32.1 Å². The third-order valence-electron chi connectivity index (χ3n) is 4.29. The largest absolute Gasteiger partial charge is 0.373 e. The van der Waals surface area contributed by atoms with Gasteiger partial charge in [-0.1, -0.05) is 33.1 Å². The zero-order valence-electron chi connectivity index (χ0n) is 13.5. The molecule has 1 aromatic heterocycles. The summed E-state index contributed by atoms with van der Waals surface area (Å²) < 4.78 is 0. The van der Waals surface area contributed by atoms with E-state index in [1.54, 1.807) is 0 Å². The maximum Gasteiger partial charge on any atom is 0.135 e. The van der Waals surface area contributed by atoms with Gasteiger partial charge in [-0.15, -0.1) is 0 Å². The predicted molar refractivity (Wildman–Crippen MR) is 85.5 cm³/mol. The molecule has 1 saturated carbocycles. The van der Waals surface area contributed by atoms with Crippen molar-refractivity contribution in [1.82, 2.24) is 9.97 Å². The standard InChI is InChI=1S/C16H28N4/c1-11(2)13-18-14(17-5)12(3)15(19-13)20-16(4)9-7-6-8-10-16/h11H,6-10H2,1-5H3,(H2,17,18,19,20). The Bertz CT molecular complexity index is 462. The maximum atomic E-state index is 4.76. The fraction of sp³-hybridized carbons (Fsp3) is 0.750. The first-order valence-corrected chi connectivity index (χ1v) is 7.79. The van der Waals surface area contributed by atoms with Gasteiger partial charge in [0.2, 0.25) is 0 Å². The number of hydrogen-bond acceptors (Lipinski definition) is 4. The highest BCUT2D eigenvalue weighted by Crippen LogP contribution is 2.33. The molecule has 0 bridgehead atoms. The zero-order valence-corrected chi connectivity index (χ0v) is 13.5. The lowest BCUT2D eigenvalue weighted by atomic mass is 9.83. The Morgan fingerprint density at radius 2 is 1.65 bits per heavy atom. The number of nitrogens with zero attached hydrogens (tertiary/aromatic N) is 2. The molecule has 0 saturated heterocycles. The van der Waals surface area contributed by atoms with Crippen LogP contribution in [-0.2, 0) is 0 Å². The zero-order chi connectivity index (χ0) is 14.8. The van der Waals surface area contributed by atoms with Gasteiger partial charge in [0.05, 0.1) is 0 Å². The lowest BCUT2D eigenvalue weighted by Gasteiger charge is -2.35. The van der Waals surface area contributed by atoms with Gasteiger partial charge in [-0.05, 0) is 26.7 Å². The Labute approximate surface area is 122 Å². The minimum Gasteiger partial charge on any atom is -0.373 e. The smallest absolute Gasteiger partial charge is 0.135 e. The normalized spacial score (nSPS) is 18.1. The van der Waals surface area contributed by atoms with E-state index in [2.05, 4.69) is 43.3 Å². The van der Waals surface area contributed by atoms with Crippen LogP contribution in [0.2, 0.25) is 0 Å². The molecule has 4 heteroatoms. The maximum absolute atomic E-state index is 4.76. The SMILES string of the molecule is CNc1nc(C(C)C)nc(NC2(C)CCCCC2)c1C. The summed E-state index contributed by atoms with van der Waals surface area (Å²) >= 11 is 0. The monoisotopic (exact) mass is 276 g/mol. The first-order valence-electron chi connectivity index (χ1n) is 7.79. The van der Waals surface area contributed by atoms with Crippen LogP contribution in [-0.4, -0.2) is 22.6 Å². The van der Waals surface area contributed by atoms with E-state index in [9.17, 15) is 0 Å². The molecule has 2 N–H and O–H groups in total. The molecule has 2 rings (SSSR count). The summed E-state index contributed by atoms with van der Waals surface area (Å²) in [5, 5.41) is 6.89. The van der Waals surface area contributed by atoms with Gasteiger partial charge in [-0.2, -0.15) is 0 Å². The topological polar surface area (TPSA) is 49.8 Å². The van der Waals surface area contributed by atoms with Crippen molar-refractivity contribution in [2.75, 3.05) is 17.7 Å². The second-order valence-corrected chi connectivity index (χ2v) is 6.56. The van der Waals surface area contributed by atoms with E-state index in [1.807, 2.05) is 7.05 Å². The van der Waals surface area contributed by atoms with E-state index in [-0.39, 0.29) is 5.54 Å². The summed E-state index contributed by atoms with van der Waals surface area (Å²) in [6.45, 7) is 8.68. The van der Waals surface area contributed by atoms with Crippen molar-refractivity contribution in [3.63, 3.8) is 0 Å². The van der Waals surface area contributed by atoms with Crippen LogP contribution in [0.1, 0.15) is 70.2 Å². The molecule has 0 aromatic carbocycles. The van der Waals surface area contributed by atoms with E-state index in [0.29, 0.717) is 5.92 Å². The third-order valence-corrected chi connectivity index (χ3v) is 4.29. The molecular weight excluding hydrogens is 248 g/mol. The number of aromatic nitrogens is 2. The van der Waals surface area contributed by atoms with Crippen molar-refractivity contribution in [1.29, 1.82) is 0 Å². The van der Waals surface area contributed by atoms with Crippen LogP contribution in [0.15, 0.2) is 0 Å². The van der Waals surface area contributed by atoms with Gasteiger partial charge >= 0.3 is 0 Å². The van der Waals surface area contributed by atoms with Gasteiger partial charge in [-0.25, -0.2) is 9.97 Å². The predicted octanol–water partition coefficient (Wildman–Crippen LogP) is 4.08. The van der Waals surface area contributed by atoms with Gasteiger partial charge < -0.3 is 10.6 Å². The van der Waals surface area contributed by atoms with E-state index in [0.717, 1.165) is 23.0 Å². The van der Waals surface area contributed by atoms with Crippen LogP contribution in [0.25, 0.3) is 0 Å². The molecule has 4 nitrogen and oxygen atoms in total. The van der Waals surface area contributed by atoms with Crippen LogP contribution in [0.3, 0.4) is 0 Å². The summed E-state index contributed by atoms with van der Waals surface area (Å²) in [6, 6.07) is 0. The minimum atomic E-state index is 0.177. The first-order chi connectivity index (χ1) is 9.45. The Morgan fingerprint density at radius 1 is 1.05 bits per heavy atom. The molecule has 1 aromatic rings. The summed E-state index contributed by atoms with van der Waals surface area (Å²) in [5.74, 6) is 3.17. The molecule has 0 aliphatic heterocycles. The number of anilines is 2. The van der Waals surface area contributed by atoms with Gasteiger partial charge in [0.15, 0.2) is 0 Å². The van der Waals surface area contributed by atoms with Gasteiger partial charge in [0.25, 0.3) is 0 Å². The number of nitrogens with one attached hydrogen (secondary N) is 2. The summed E-state index contributed by atoms with van der Waals surface area (Å²) in [6.07, 6.45) is 6.43. The molecule has 0 unspecified atom stereocenters. The molecule has 20 heavy (non-hydrogen) atoms. The Hall–Kier alpha value is -1.32. The van der Waals surface area contributed by atoms with Crippen molar-refractivity contribution in [3.05, 3.63) is 11.4 Å². The average Bonchev–Trinajstić information content (AvgIpc) is 2.41. The van der Waals surface area contributed by atoms with Crippen molar-refractivity contribution in [2.45, 2.75) is 71.3 Å². The van der Waals surface area contributed by atoms with E-state index >= 15 is 0 Å². The molecular formula is C16H28N4. The lowest BCUT2D eigenvalue weighted by molar-refractivity contribution is 0.348. The van der Waals surface area contributed by atoms with Crippen LogP contribution in [0, 0.1) is 6.92 Å². The van der Waals surface area contributed by atoms with Crippen molar-refractivity contribution < 1.29 is 0 Å². The van der Waals surface area contributed by atoms with Crippen molar-refractivity contribution in [3.8, 4) is 0 Å². The third kappa shape index (κ3) is 3.22. The highest BCUT2D eigenvalue weighted by atomic mass is 15.1. The van der Waals surface area contributed by atoms with Crippen molar-refractivity contribution >= 4 is 11.6 Å². The lowest BCUT2D eigenvalue weighted by Crippen LogP contribution is -2.37. The molecule has 112 valence electrons. The van der Waals surface area contributed by atoms with Crippen LogP contribution >= 0.6 is 0 Å². The molecule has 1 fully saturated rings. The molecule has 0 radical (unpaired) electrons. The Balaban J connectivity index is 2.32. The Morgan fingerprint density at radius 3 is 2.20 bits per heavy atom. The minimum absolute atomic E-state index is 0.177. The molecule has 0 spiro atoms. The first kappa shape index (κ1) is 15.1. The molecule has 1 aliphatic carbocycles. The quantitative estimate of drug-likeness (QED) is 0.870. The fourth-order valence-corrected chi connectivity index (χ4v) is 2.90. The summed E-state index contributed by atoms with van der Waals surface area (Å²) in [4.78, 5) is 9.36.